The van der Waals surface area contributed by atoms with Gasteiger partial charge < -0.3 is 34.6 Å². The van der Waals surface area contributed by atoms with Crippen LogP contribution in [0.25, 0.3) is 0 Å². The van der Waals surface area contributed by atoms with Gasteiger partial charge in [0.25, 0.3) is 0 Å². The van der Waals surface area contributed by atoms with Crippen molar-refractivity contribution >= 4 is 11.9 Å². The van der Waals surface area contributed by atoms with Crippen LogP contribution in [0.15, 0.2) is 18.2 Å². The van der Waals surface area contributed by atoms with Gasteiger partial charge in [-0.1, -0.05) is 6.07 Å². The third-order valence-corrected chi connectivity index (χ3v) is 7.57. The fourth-order valence-corrected chi connectivity index (χ4v) is 5.48. The van der Waals surface area contributed by atoms with Crippen molar-refractivity contribution in [1.82, 2.24) is 4.90 Å². The first-order valence-corrected chi connectivity index (χ1v) is 12.0. The highest BCUT2D eigenvalue weighted by Crippen LogP contribution is 2.52. The minimum Gasteiger partial charge on any atom is -0.497 e. The van der Waals surface area contributed by atoms with E-state index in [0.717, 1.165) is 37.7 Å². The van der Waals surface area contributed by atoms with Gasteiger partial charge in [0.15, 0.2) is 18.0 Å². The number of carboxylic acids is 2. The van der Waals surface area contributed by atoms with Gasteiger partial charge in [0.05, 0.1) is 19.8 Å². The third-order valence-electron chi connectivity index (χ3n) is 7.57. The Bertz CT molecular complexity index is 944. The number of benzene rings is 1. The summed E-state index contributed by atoms with van der Waals surface area (Å²) in [6, 6.07) is 7.07. The summed E-state index contributed by atoms with van der Waals surface area (Å²) in [6.07, 6.45) is 0.675. The summed E-state index contributed by atoms with van der Waals surface area (Å²) < 4.78 is 18.3. The van der Waals surface area contributed by atoms with Gasteiger partial charge in [-0.05, 0) is 75.3 Å². The molecule has 0 aromatic heterocycles. The van der Waals surface area contributed by atoms with Gasteiger partial charge >= 0.3 is 11.9 Å². The molecule has 3 fully saturated rings. The molecule has 4 aliphatic rings. The molecule has 2 saturated heterocycles. The number of aliphatic hydroxyl groups is 2. The first-order chi connectivity index (χ1) is 16.5. The highest BCUT2D eigenvalue weighted by Gasteiger charge is 2.59. The fourth-order valence-electron chi connectivity index (χ4n) is 5.48. The number of hydrogen-bond acceptors (Lipinski definition) is 8. The van der Waals surface area contributed by atoms with E-state index in [9.17, 15) is 9.59 Å². The van der Waals surface area contributed by atoms with Crippen LogP contribution in [0.2, 0.25) is 0 Å². The van der Waals surface area contributed by atoms with Gasteiger partial charge in [-0.2, -0.15) is 0 Å². The highest BCUT2D eigenvalue weighted by molar-refractivity contribution is 5.83. The Morgan fingerprint density at radius 2 is 1.83 bits per heavy atom. The van der Waals surface area contributed by atoms with Crippen LogP contribution >= 0.6 is 0 Å². The van der Waals surface area contributed by atoms with E-state index in [1.807, 2.05) is 0 Å². The van der Waals surface area contributed by atoms with Crippen molar-refractivity contribution in [2.75, 3.05) is 26.8 Å². The first-order valence-electron chi connectivity index (χ1n) is 12.0. The molecule has 1 aromatic rings. The monoisotopic (exact) mass is 493 g/mol. The molecule has 2 bridgehead atoms. The molecule has 1 saturated carbocycles. The molecular formula is C25H35NO9. The van der Waals surface area contributed by atoms with Crippen molar-refractivity contribution in [2.24, 2.45) is 5.92 Å². The molecule has 0 radical (unpaired) electrons. The van der Waals surface area contributed by atoms with Gasteiger partial charge in [-0.25, -0.2) is 9.59 Å². The molecule has 5 rings (SSSR count). The number of rotatable bonds is 6. The van der Waals surface area contributed by atoms with Gasteiger partial charge in [0.2, 0.25) is 0 Å². The predicted molar refractivity (Wildman–Crippen MR) is 123 cm³/mol. The standard InChI is InChI=1S/C21H29NO3.C4H6O6/c1-20(2)24-13-21-8-9-22(12-14-4-5-14)18(19(21)25-20)10-15-6-7-16(23-3)11-17(15)21;5-1(3(7)8)2(6)4(9)10/h6-7,11,14,18-19H,4-5,8-10,12-13H2,1-3H3;1-2,5-6H,(H,7,8)(H,9,10)/t18-,19+,21-;/m1./s1. The van der Waals surface area contributed by atoms with Crippen molar-refractivity contribution in [3.05, 3.63) is 29.3 Å². The molecule has 2 aliphatic heterocycles. The van der Waals surface area contributed by atoms with Crippen LogP contribution in [0, 0.1) is 5.92 Å². The van der Waals surface area contributed by atoms with Crippen LogP contribution in [0.5, 0.6) is 5.75 Å². The molecule has 1 aromatic carbocycles. The maximum Gasteiger partial charge on any atom is 0.335 e. The number of carboxylic acid groups (broad SMARTS) is 2. The summed E-state index contributed by atoms with van der Waals surface area (Å²) in [5.74, 6) is -2.18. The Labute approximate surface area is 204 Å². The third kappa shape index (κ3) is 5.17. The number of aliphatic carboxylic acids is 2. The van der Waals surface area contributed by atoms with Crippen molar-refractivity contribution < 1.29 is 44.2 Å². The average Bonchev–Trinajstić information content (AvgIpc) is 3.63. The van der Waals surface area contributed by atoms with E-state index in [0.29, 0.717) is 6.04 Å². The normalized spacial score (nSPS) is 30.5. The molecule has 194 valence electrons. The first kappa shape index (κ1) is 25.8. The van der Waals surface area contributed by atoms with E-state index in [2.05, 4.69) is 36.9 Å². The molecule has 2 aliphatic carbocycles. The molecule has 35 heavy (non-hydrogen) atoms. The van der Waals surface area contributed by atoms with Crippen molar-refractivity contribution in [3.63, 3.8) is 0 Å². The maximum absolute atomic E-state index is 9.77. The minimum atomic E-state index is -2.27. The zero-order valence-electron chi connectivity index (χ0n) is 20.3. The second-order valence-electron chi connectivity index (χ2n) is 10.4. The molecule has 4 N–H and O–H groups in total. The summed E-state index contributed by atoms with van der Waals surface area (Å²) in [5, 5.41) is 32.5. The lowest BCUT2D eigenvalue weighted by Gasteiger charge is -2.60. The second-order valence-corrected chi connectivity index (χ2v) is 10.4. The van der Waals surface area contributed by atoms with E-state index in [-0.39, 0.29) is 11.5 Å². The fraction of sp³-hybridized carbons (Fsp3) is 0.680. The quantitative estimate of drug-likeness (QED) is 0.453. The zero-order valence-corrected chi connectivity index (χ0v) is 20.3. The van der Waals surface area contributed by atoms with Crippen LogP contribution in [0.3, 0.4) is 0 Å². The molecule has 10 heteroatoms. The number of ether oxygens (including phenoxy) is 3. The number of carbonyl (C=O) groups is 2. The predicted octanol–water partition coefficient (Wildman–Crippen LogP) is 1.00. The number of likely N-dealkylation sites (tertiary alicyclic amines) is 1. The molecule has 0 spiro atoms. The summed E-state index contributed by atoms with van der Waals surface area (Å²) in [5.41, 5.74) is 2.83. The summed E-state index contributed by atoms with van der Waals surface area (Å²) >= 11 is 0. The lowest BCUT2D eigenvalue weighted by molar-refractivity contribution is -0.322. The Kier molecular flexibility index (Phi) is 7.14. The smallest absolute Gasteiger partial charge is 0.335 e. The van der Waals surface area contributed by atoms with Gasteiger partial charge in [0.1, 0.15) is 5.75 Å². The largest absolute Gasteiger partial charge is 0.497 e. The maximum atomic E-state index is 9.77. The summed E-state index contributed by atoms with van der Waals surface area (Å²) in [7, 11) is 1.75. The SMILES string of the molecule is COc1ccc2c(c1)[C@]13CCN(CC4CC4)[C@H](C2)[C@@H]1OC(C)(C)OC3.O=C(O)C(O)C(O)C(=O)O. The number of methoxy groups -OCH3 is 1. The second kappa shape index (κ2) is 9.67. The molecule has 2 heterocycles. The summed E-state index contributed by atoms with van der Waals surface area (Å²) in [6.45, 7) is 7.26. The van der Waals surface area contributed by atoms with Gasteiger partial charge in [-0.3, -0.25) is 4.90 Å². The van der Waals surface area contributed by atoms with E-state index >= 15 is 0 Å². The van der Waals surface area contributed by atoms with Crippen molar-refractivity contribution in [2.45, 2.75) is 75.1 Å². The average molecular weight is 494 g/mol. The Balaban J connectivity index is 0.000000248. The minimum absolute atomic E-state index is 0.0254. The van der Waals surface area contributed by atoms with Gasteiger partial charge in [-0.15, -0.1) is 0 Å². The van der Waals surface area contributed by atoms with E-state index in [4.69, 9.17) is 34.6 Å². The highest BCUT2D eigenvalue weighted by atomic mass is 16.7. The van der Waals surface area contributed by atoms with Crippen LogP contribution in [0.4, 0.5) is 0 Å². The van der Waals surface area contributed by atoms with E-state index in [1.165, 1.54) is 30.5 Å². The Morgan fingerprint density at radius 1 is 1.17 bits per heavy atom. The molecule has 5 atom stereocenters. The van der Waals surface area contributed by atoms with Crippen LogP contribution < -0.4 is 4.74 Å². The molecule has 10 nitrogen and oxygen atoms in total. The number of piperidine rings is 1. The zero-order chi connectivity index (χ0) is 25.5. The van der Waals surface area contributed by atoms with Gasteiger partial charge in [0, 0.05) is 18.0 Å². The summed E-state index contributed by atoms with van der Waals surface area (Å²) in [4.78, 5) is 22.3. The molecule has 2 unspecified atom stereocenters. The number of fused-ring (bicyclic) bond motifs is 1. The van der Waals surface area contributed by atoms with Crippen LogP contribution in [0.1, 0.15) is 44.2 Å². The Hall–Kier alpha value is -2.24. The van der Waals surface area contributed by atoms with Crippen LogP contribution in [-0.4, -0.2) is 94.2 Å². The van der Waals surface area contributed by atoms with Crippen molar-refractivity contribution in [3.8, 4) is 5.75 Å². The lowest BCUT2D eigenvalue weighted by atomic mass is 9.61. The van der Waals surface area contributed by atoms with E-state index < -0.39 is 29.9 Å². The number of nitrogens with zero attached hydrogens (tertiary/aromatic N) is 1. The molecular weight excluding hydrogens is 458 g/mol. The van der Waals surface area contributed by atoms with Crippen molar-refractivity contribution in [1.29, 1.82) is 0 Å². The Morgan fingerprint density at radius 3 is 2.40 bits per heavy atom. The lowest BCUT2D eigenvalue weighted by Crippen LogP contribution is -2.70. The van der Waals surface area contributed by atoms with E-state index in [1.54, 1.807) is 7.11 Å². The topological polar surface area (TPSA) is 146 Å². The number of hydrogen-bond donors (Lipinski definition) is 4. The van der Waals surface area contributed by atoms with Crippen LogP contribution in [-0.2, 0) is 30.9 Å². The number of aliphatic hydroxyl groups excluding tert-OH is 2. The molecule has 0 amide bonds.